The van der Waals surface area contributed by atoms with Gasteiger partial charge in [0.2, 0.25) is 0 Å². The largest absolute Gasteiger partial charge is 0.380 e. The fourth-order valence-electron chi connectivity index (χ4n) is 1.44. The van der Waals surface area contributed by atoms with E-state index in [0.717, 1.165) is 5.56 Å². The minimum atomic E-state index is -0.809. The Balaban J connectivity index is 2.30. The van der Waals surface area contributed by atoms with Crippen molar-refractivity contribution in [1.82, 2.24) is 20.2 Å². The molecule has 82 valence electrons. The number of hydrogen-bond donors (Lipinski definition) is 1. The zero-order chi connectivity index (χ0) is 11.4. The molecular weight excluding hydrogens is 204 g/mol. The summed E-state index contributed by atoms with van der Waals surface area (Å²) in [5.41, 5.74) is 0.766. The summed E-state index contributed by atoms with van der Waals surface area (Å²) < 4.78 is 1.52. The van der Waals surface area contributed by atoms with E-state index in [1.807, 2.05) is 30.3 Å². The normalized spacial score (nSPS) is 12.3. The number of nitrogens with zero attached hydrogens (tertiary/aromatic N) is 4. The Morgan fingerprint density at radius 2 is 2.12 bits per heavy atom. The topological polar surface area (TPSA) is 63.8 Å². The van der Waals surface area contributed by atoms with Gasteiger partial charge in [-0.25, -0.2) is 4.68 Å². The molecule has 5 nitrogen and oxygen atoms in total. The molecule has 0 aliphatic rings. The number of hydrogen-bond acceptors (Lipinski definition) is 4. The molecule has 0 fully saturated rings. The van der Waals surface area contributed by atoms with Gasteiger partial charge in [0.05, 0.1) is 6.54 Å². The molecule has 2 aromatic rings. The predicted molar refractivity (Wildman–Crippen MR) is 58.5 cm³/mol. The average molecular weight is 216 g/mol. The van der Waals surface area contributed by atoms with E-state index in [2.05, 4.69) is 22.1 Å². The first-order valence-corrected chi connectivity index (χ1v) is 4.93. The highest BCUT2D eigenvalue weighted by atomic mass is 16.3. The molecule has 0 spiro atoms. The van der Waals surface area contributed by atoms with Crippen LogP contribution in [0.4, 0.5) is 0 Å². The maximum absolute atomic E-state index is 10.1. The molecule has 0 saturated heterocycles. The summed E-state index contributed by atoms with van der Waals surface area (Å²) >= 11 is 0. The Bertz CT molecular complexity index is 466. The van der Waals surface area contributed by atoms with Crippen LogP contribution in [0, 0.1) is 0 Å². The van der Waals surface area contributed by atoms with Crippen molar-refractivity contribution in [3.63, 3.8) is 0 Å². The zero-order valence-corrected chi connectivity index (χ0v) is 8.69. The Hall–Kier alpha value is -2.01. The van der Waals surface area contributed by atoms with Crippen LogP contribution in [0.3, 0.4) is 0 Å². The molecular formula is C11H12N4O. The number of benzene rings is 1. The highest BCUT2D eigenvalue weighted by Gasteiger charge is 2.17. The molecule has 2 rings (SSSR count). The summed E-state index contributed by atoms with van der Waals surface area (Å²) in [4.78, 5) is 0. The molecule has 0 radical (unpaired) electrons. The summed E-state index contributed by atoms with van der Waals surface area (Å²) in [6.07, 6.45) is 0.869. The van der Waals surface area contributed by atoms with Gasteiger partial charge in [-0.05, 0) is 16.0 Å². The molecule has 1 aromatic heterocycles. The van der Waals surface area contributed by atoms with Crippen LogP contribution < -0.4 is 0 Å². The Kier molecular flexibility index (Phi) is 3.07. The minimum absolute atomic E-state index is 0.422. The molecule has 1 atom stereocenters. The van der Waals surface area contributed by atoms with E-state index < -0.39 is 6.10 Å². The lowest BCUT2D eigenvalue weighted by Crippen LogP contribution is -2.10. The van der Waals surface area contributed by atoms with Gasteiger partial charge in [0.25, 0.3) is 0 Å². The summed E-state index contributed by atoms with van der Waals surface area (Å²) in [5, 5.41) is 21.2. The van der Waals surface area contributed by atoms with Gasteiger partial charge in [-0.2, -0.15) is 0 Å². The standard InChI is InChI=1S/C11H12N4O/c1-2-8-15-11(12-13-14-15)10(16)9-6-4-3-5-7-9/h2-7,10,16H,1,8H2. The number of tetrazole rings is 1. The molecule has 0 amide bonds. The lowest BCUT2D eigenvalue weighted by Gasteiger charge is -2.09. The summed E-state index contributed by atoms with van der Waals surface area (Å²) in [7, 11) is 0. The van der Waals surface area contributed by atoms with Crippen molar-refractivity contribution in [3.05, 3.63) is 54.4 Å². The lowest BCUT2D eigenvalue weighted by molar-refractivity contribution is 0.203. The molecule has 1 N–H and O–H groups in total. The molecule has 0 saturated carbocycles. The maximum atomic E-state index is 10.1. The quantitative estimate of drug-likeness (QED) is 0.772. The highest BCUT2D eigenvalue weighted by Crippen LogP contribution is 2.18. The monoisotopic (exact) mass is 216 g/mol. The van der Waals surface area contributed by atoms with Crippen molar-refractivity contribution < 1.29 is 5.11 Å². The van der Waals surface area contributed by atoms with Crippen LogP contribution >= 0.6 is 0 Å². The predicted octanol–water partition coefficient (Wildman–Crippen LogP) is 0.941. The van der Waals surface area contributed by atoms with Gasteiger partial charge in [0.1, 0.15) is 6.10 Å². The van der Waals surface area contributed by atoms with Crippen LogP contribution in [0.25, 0.3) is 0 Å². The number of allylic oxidation sites excluding steroid dienone is 1. The first kappa shape index (κ1) is 10.5. The highest BCUT2D eigenvalue weighted by molar-refractivity contribution is 5.22. The summed E-state index contributed by atoms with van der Waals surface area (Å²) in [6, 6.07) is 9.28. The van der Waals surface area contributed by atoms with E-state index in [1.54, 1.807) is 6.08 Å². The van der Waals surface area contributed by atoms with Gasteiger partial charge in [-0.3, -0.25) is 0 Å². The molecule has 1 heterocycles. The van der Waals surface area contributed by atoms with Crippen LogP contribution in [-0.2, 0) is 6.54 Å². The Morgan fingerprint density at radius 3 is 2.81 bits per heavy atom. The first-order chi connectivity index (χ1) is 7.83. The van der Waals surface area contributed by atoms with Crippen LogP contribution in [0.2, 0.25) is 0 Å². The molecule has 0 aliphatic heterocycles. The van der Waals surface area contributed by atoms with E-state index in [0.29, 0.717) is 12.4 Å². The fraction of sp³-hybridized carbons (Fsp3) is 0.182. The second-order valence-corrected chi connectivity index (χ2v) is 3.32. The van der Waals surface area contributed by atoms with E-state index in [9.17, 15) is 5.11 Å². The molecule has 16 heavy (non-hydrogen) atoms. The van der Waals surface area contributed by atoms with Gasteiger partial charge in [-0.1, -0.05) is 36.4 Å². The molecule has 1 unspecified atom stereocenters. The van der Waals surface area contributed by atoms with Crippen molar-refractivity contribution in [1.29, 1.82) is 0 Å². The summed E-state index contributed by atoms with van der Waals surface area (Å²) in [5.74, 6) is 0.422. The van der Waals surface area contributed by atoms with Crippen LogP contribution in [0.15, 0.2) is 43.0 Å². The molecule has 5 heteroatoms. The van der Waals surface area contributed by atoms with Gasteiger partial charge in [0, 0.05) is 0 Å². The van der Waals surface area contributed by atoms with E-state index in [1.165, 1.54) is 4.68 Å². The summed E-state index contributed by atoms with van der Waals surface area (Å²) in [6.45, 7) is 4.09. The third-order valence-electron chi connectivity index (χ3n) is 2.22. The van der Waals surface area contributed by atoms with E-state index in [-0.39, 0.29) is 0 Å². The molecule has 1 aromatic carbocycles. The van der Waals surface area contributed by atoms with E-state index >= 15 is 0 Å². The second kappa shape index (κ2) is 4.67. The van der Waals surface area contributed by atoms with Gasteiger partial charge in [0.15, 0.2) is 5.82 Å². The number of aliphatic hydroxyl groups excluding tert-OH is 1. The minimum Gasteiger partial charge on any atom is -0.380 e. The fourth-order valence-corrected chi connectivity index (χ4v) is 1.44. The first-order valence-electron chi connectivity index (χ1n) is 4.93. The molecule has 0 aliphatic carbocycles. The van der Waals surface area contributed by atoms with E-state index in [4.69, 9.17) is 0 Å². The van der Waals surface area contributed by atoms with Crippen LogP contribution in [-0.4, -0.2) is 25.3 Å². The zero-order valence-electron chi connectivity index (χ0n) is 8.69. The van der Waals surface area contributed by atoms with Gasteiger partial charge >= 0.3 is 0 Å². The van der Waals surface area contributed by atoms with Crippen molar-refractivity contribution in [2.24, 2.45) is 0 Å². The molecule has 0 bridgehead atoms. The lowest BCUT2D eigenvalue weighted by atomic mass is 10.1. The van der Waals surface area contributed by atoms with Crippen molar-refractivity contribution >= 4 is 0 Å². The Morgan fingerprint density at radius 1 is 1.38 bits per heavy atom. The van der Waals surface area contributed by atoms with Crippen molar-refractivity contribution in [2.45, 2.75) is 12.6 Å². The smallest absolute Gasteiger partial charge is 0.184 e. The third kappa shape index (κ3) is 1.99. The van der Waals surface area contributed by atoms with Gasteiger partial charge < -0.3 is 5.11 Å². The Labute approximate surface area is 93.0 Å². The SMILES string of the molecule is C=CCn1nnnc1C(O)c1ccccc1. The average Bonchev–Trinajstić information content (AvgIpc) is 2.78. The number of aliphatic hydroxyl groups is 1. The van der Waals surface area contributed by atoms with Crippen molar-refractivity contribution in [3.8, 4) is 0 Å². The van der Waals surface area contributed by atoms with Crippen LogP contribution in [0.5, 0.6) is 0 Å². The third-order valence-corrected chi connectivity index (χ3v) is 2.22. The number of aromatic nitrogens is 4. The maximum Gasteiger partial charge on any atom is 0.184 e. The number of rotatable bonds is 4. The van der Waals surface area contributed by atoms with Crippen molar-refractivity contribution in [2.75, 3.05) is 0 Å². The van der Waals surface area contributed by atoms with Gasteiger partial charge in [-0.15, -0.1) is 11.7 Å². The second-order valence-electron chi connectivity index (χ2n) is 3.32. The van der Waals surface area contributed by atoms with Crippen LogP contribution in [0.1, 0.15) is 17.5 Å².